The van der Waals surface area contributed by atoms with Crippen LogP contribution in [0.1, 0.15) is 5.56 Å². The molecule has 0 spiro atoms. The maximum atomic E-state index is 12.6. The number of fused-ring (bicyclic) bond motifs is 1. The van der Waals surface area contributed by atoms with Crippen molar-refractivity contribution in [2.75, 3.05) is 10.9 Å². The lowest BCUT2D eigenvalue weighted by Crippen LogP contribution is -2.14. The van der Waals surface area contributed by atoms with E-state index < -0.39 is 11.7 Å². The number of nitrogen functional groups attached to an aromatic ring is 2. The molecule has 0 aliphatic carbocycles. The summed E-state index contributed by atoms with van der Waals surface area (Å²) in [6.45, 7) is 0. The molecule has 6 nitrogen and oxygen atoms in total. The van der Waals surface area contributed by atoms with Crippen molar-refractivity contribution in [1.82, 2.24) is 10.2 Å². The predicted molar refractivity (Wildman–Crippen MR) is 60.2 cm³/mol. The van der Waals surface area contributed by atoms with E-state index in [1.54, 1.807) is 0 Å². The van der Waals surface area contributed by atoms with Gasteiger partial charge >= 0.3 is 6.18 Å². The molecule has 0 aliphatic rings. The number of rotatable bonds is 2. The van der Waals surface area contributed by atoms with E-state index in [9.17, 15) is 13.2 Å². The minimum absolute atomic E-state index is 0.0371. The summed E-state index contributed by atoms with van der Waals surface area (Å²) in [5.41, 5.74) is 3.64. The van der Waals surface area contributed by atoms with Gasteiger partial charge in [0, 0.05) is 10.8 Å². The molecule has 1 aromatic heterocycles. The number of alkyl halides is 3. The van der Waals surface area contributed by atoms with E-state index in [1.165, 1.54) is 6.07 Å². The molecule has 0 bridgehead atoms. The van der Waals surface area contributed by atoms with Crippen LogP contribution in [0, 0.1) is 0 Å². The van der Waals surface area contributed by atoms with E-state index in [1.807, 2.05) is 0 Å². The van der Waals surface area contributed by atoms with E-state index in [2.05, 4.69) is 21.0 Å². The van der Waals surface area contributed by atoms with Crippen molar-refractivity contribution in [3.8, 4) is 0 Å². The van der Waals surface area contributed by atoms with Gasteiger partial charge in [-0.1, -0.05) is 0 Å². The van der Waals surface area contributed by atoms with Crippen molar-refractivity contribution >= 4 is 22.4 Å². The lowest BCUT2D eigenvalue weighted by molar-refractivity contribution is -0.137. The summed E-state index contributed by atoms with van der Waals surface area (Å²) in [4.78, 5) is 0. The van der Waals surface area contributed by atoms with Crippen LogP contribution in [-0.4, -0.2) is 10.2 Å². The van der Waals surface area contributed by atoms with Crippen LogP contribution in [0.15, 0.2) is 18.2 Å². The number of nitrogens with zero attached hydrogens (tertiary/aromatic N) is 2. The van der Waals surface area contributed by atoms with Gasteiger partial charge in [0.1, 0.15) is 0 Å². The van der Waals surface area contributed by atoms with Crippen molar-refractivity contribution < 1.29 is 13.2 Å². The Morgan fingerprint density at radius 1 is 0.944 bits per heavy atom. The highest BCUT2D eigenvalue weighted by Gasteiger charge is 2.31. The molecule has 1 aromatic carbocycles. The third-order valence-electron chi connectivity index (χ3n) is 2.38. The molecule has 0 amide bonds. The zero-order chi connectivity index (χ0) is 13.3. The highest BCUT2D eigenvalue weighted by Crippen LogP contribution is 2.34. The Balaban J connectivity index is 2.74. The molecular formula is C9H9F3N6. The third-order valence-corrected chi connectivity index (χ3v) is 2.38. The van der Waals surface area contributed by atoms with Crippen molar-refractivity contribution in [2.24, 2.45) is 11.7 Å². The highest BCUT2D eigenvalue weighted by molar-refractivity contribution is 5.98. The SMILES string of the molecule is NNc1nnc(NN)c2cc(C(F)(F)F)ccc12. The summed E-state index contributed by atoms with van der Waals surface area (Å²) >= 11 is 0. The molecule has 1 heterocycles. The van der Waals surface area contributed by atoms with Gasteiger partial charge in [0.25, 0.3) is 0 Å². The fourth-order valence-corrected chi connectivity index (χ4v) is 1.54. The summed E-state index contributed by atoms with van der Waals surface area (Å²) in [5.74, 6) is 10.6. The summed E-state index contributed by atoms with van der Waals surface area (Å²) < 4.78 is 37.8. The first-order valence-electron chi connectivity index (χ1n) is 4.78. The van der Waals surface area contributed by atoms with Crippen LogP contribution in [0.3, 0.4) is 0 Å². The van der Waals surface area contributed by atoms with Gasteiger partial charge in [-0.05, 0) is 18.2 Å². The molecule has 0 saturated carbocycles. The van der Waals surface area contributed by atoms with Crippen LogP contribution < -0.4 is 22.5 Å². The van der Waals surface area contributed by atoms with Gasteiger partial charge in [-0.25, -0.2) is 11.7 Å². The van der Waals surface area contributed by atoms with Gasteiger partial charge in [-0.3, -0.25) is 0 Å². The van der Waals surface area contributed by atoms with Gasteiger partial charge in [0.15, 0.2) is 11.6 Å². The normalized spacial score (nSPS) is 11.6. The Labute approximate surface area is 99.1 Å². The van der Waals surface area contributed by atoms with Gasteiger partial charge in [0.2, 0.25) is 0 Å². The van der Waals surface area contributed by atoms with Crippen molar-refractivity contribution in [3.63, 3.8) is 0 Å². The largest absolute Gasteiger partial charge is 0.416 e. The summed E-state index contributed by atoms with van der Waals surface area (Å²) in [6.07, 6.45) is -4.44. The molecule has 0 unspecified atom stereocenters. The first-order valence-corrected chi connectivity index (χ1v) is 4.78. The second kappa shape index (κ2) is 4.27. The topological polar surface area (TPSA) is 102 Å². The minimum atomic E-state index is -4.44. The van der Waals surface area contributed by atoms with Crippen molar-refractivity contribution in [3.05, 3.63) is 23.8 Å². The number of halogens is 3. The molecule has 96 valence electrons. The molecule has 9 heteroatoms. The number of hydrogen-bond acceptors (Lipinski definition) is 6. The number of benzene rings is 1. The molecule has 0 atom stereocenters. The first-order chi connectivity index (χ1) is 8.47. The maximum absolute atomic E-state index is 12.6. The molecule has 0 aliphatic heterocycles. The Bertz CT molecular complexity index is 582. The van der Waals surface area contributed by atoms with Crippen LogP contribution in [-0.2, 0) is 6.18 Å². The minimum Gasteiger partial charge on any atom is -0.306 e. The average Bonchev–Trinajstić information content (AvgIpc) is 2.35. The van der Waals surface area contributed by atoms with Crippen LogP contribution >= 0.6 is 0 Å². The van der Waals surface area contributed by atoms with E-state index in [-0.39, 0.29) is 17.0 Å². The Morgan fingerprint density at radius 2 is 1.50 bits per heavy atom. The van der Waals surface area contributed by atoms with Gasteiger partial charge < -0.3 is 10.9 Å². The summed E-state index contributed by atoms with van der Waals surface area (Å²) in [5, 5.41) is 7.86. The molecule has 2 rings (SSSR count). The molecule has 6 N–H and O–H groups in total. The quantitative estimate of drug-likeness (QED) is 0.477. The monoisotopic (exact) mass is 258 g/mol. The average molecular weight is 258 g/mol. The Kier molecular flexibility index (Phi) is 2.93. The fourth-order valence-electron chi connectivity index (χ4n) is 1.54. The van der Waals surface area contributed by atoms with E-state index in [0.29, 0.717) is 5.39 Å². The smallest absolute Gasteiger partial charge is 0.306 e. The van der Waals surface area contributed by atoms with Crippen LogP contribution in [0.5, 0.6) is 0 Å². The number of nitrogens with one attached hydrogen (secondary N) is 2. The van der Waals surface area contributed by atoms with Gasteiger partial charge in [-0.2, -0.15) is 13.2 Å². The second-order valence-corrected chi connectivity index (χ2v) is 3.44. The van der Waals surface area contributed by atoms with Crippen molar-refractivity contribution in [2.45, 2.75) is 6.18 Å². The van der Waals surface area contributed by atoms with Crippen LogP contribution in [0.4, 0.5) is 24.8 Å². The fraction of sp³-hybridized carbons (Fsp3) is 0.111. The number of hydrogen-bond donors (Lipinski definition) is 4. The molecule has 0 radical (unpaired) electrons. The lowest BCUT2D eigenvalue weighted by Gasteiger charge is -2.11. The summed E-state index contributed by atoms with van der Waals surface area (Å²) in [7, 11) is 0. The maximum Gasteiger partial charge on any atom is 0.416 e. The van der Waals surface area contributed by atoms with E-state index in [0.717, 1.165) is 12.1 Å². The number of anilines is 2. The van der Waals surface area contributed by atoms with Gasteiger partial charge in [0.05, 0.1) is 5.56 Å². The Hall–Kier alpha value is -2.13. The molecule has 0 fully saturated rings. The number of nitrogens with two attached hydrogens (primary N) is 2. The second-order valence-electron chi connectivity index (χ2n) is 3.44. The van der Waals surface area contributed by atoms with Gasteiger partial charge in [-0.15, -0.1) is 10.2 Å². The lowest BCUT2D eigenvalue weighted by atomic mass is 10.1. The standard InChI is InChI=1S/C9H9F3N6/c10-9(11,12)4-1-2-5-6(3-4)8(16-14)18-17-7(5)15-13/h1-3H,13-14H2,(H,15,17)(H,16,18). The first kappa shape index (κ1) is 12.3. The third kappa shape index (κ3) is 2.00. The molecule has 2 aromatic rings. The van der Waals surface area contributed by atoms with Crippen LogP contribution in [0.25, 0.3) is 10.8 Å². The number of hydrazine groups is 2. The van der Waals surface area contributed by atoms with E-state index in [4.69, 9.17) is 11.7 Å². The van der Waals surface area contributed by atoms with E-state index >= 15 is 0 Å². The molecular weight excluding hydrogens is 249 g/mol. The van der Waals surface area contributed by atoms with Crippen LogP contribution in [0.2, 0.25) is 0 Å². The highest BCUT2D eigenvalue weighted by atomic mass is 19.4. The predicted octanol–water partition coefficient (Wildman–Crippen LogP) is 1.22. The zero-order valence-electron chi connectivity index (χ0n) is 8.92. The Morgan fingerprint density at radius 3 is 2.00 bits per heavy atom. The zero-order valence-corrected chi connectivity index (χ0v) is 8.92. The number of aromatic nitrogens is 2. The molecule has 18 heavy (non-hydrogen) atoms. The summed E-state index contributed by atoms with van der Waals surface area (Å²) in [6, 6.07) is 3.12. The van der Waals surface area contributed by atoms with Crippen molar-refractivity contribution in [1.29, 1.82) is 0 Å². The molecule has 0 saturated heterocycles.